The molecule has 0 radical (unpaired) electrons. The molecule has 116 valence electrons. The fourth-order valence-electron chi connectivity index (χ4n) is 2.97. The van der Waals surface area contributed by atoms with Crippen LogP contribution in [0.2, 0.25) is 5.02 Å². The van der Waals surface area contributed by atoms with E-state index >= 15 is 0 Å². The average molecular weight is 320 g/mol. The van der Waals surface area contributed by atoms with Gasteiger partial charge in [0.05, 0.1) is 24.3 Å². The molecule has 22 heavy (non-hydrogen) atoms. The van der Waals surface area contributed by atoms with Gasteiger partial charge in [-0.25, -0.2) is 0 Å². The maximum atomic E-state index is 6.34. The van der Waals surface area contributed by atoms with Crippen LogP contribution in [0.25, 0.3) is 0 Å². The zero-order valence-electron chi connectivity index (χ0n) is 12.2. The summed E-state index contributed by atoms with van der Waals surface area (Å²) in [6.07, 6.45) is 4.73. The minimum absolute atomic E-state index is 0.478. The zero-order valence-corrected chi connectivity index (χ0v) is 13.0. The Balaban J connectivity index is 1.44. The normalized spacial score (nSPS) is 18.8. The summed E-state index contributed by atoms with van der Waals surface area (Å²) >= 11 is 6.34. The van der Waals surface area contributed by atoms with Crippen molar-refractivity contribution in [1.29, 1.82) is 0 Å². The molecule has 1 aromatic carbocycles. The van der Waals surface area contributed by atoms with E-state index in [1.807, 2.05) is 35.3 Å². The number of aromatic nitrogens is 2. The molecule has 0 unspecified atom stereocenters. The van der Waals surface area contributed by atoms with E-state index in [0.29, 0.717) is 30.0 Å². The fraction of sp³-hybridized carbons (Fsp3) is 0.438. The smallest absolute Gasteiger partial charge is 0.179 e. The predicted molar refractivity (Wildman–Crippen MR) is 83.6 cm³/mol. The molecule has 0 N–H and O–H groups in total. The molecule has 0 atom stereocenters. The predicted octanol–water partition coefficient (Wildman–Crippen LogP) is 2.75. The van der Waals surface area contributed by atoms with Crippen LogP contribution in [-0.4, -0.2) is 41.0 Å². The number of hydrogen-bond acceptors (Lipinski definition) is 4. The number of rotatable bonds is 3. The van der Waals surface area contributed by atoms with Gasteiger partial charge in [0, 0.05) is 38.4 Å². The van der Waals surface area contributed by atoms with Crippen LogP contribution in [-0.2, 0) is 6.54 Å². The van der Waals surface area contributed by atoms with Crippen molar-refractivity contribution < 1.29 is 9.47 Å². The molecule has 1 aromatic heterocycles. The van der Waals surface area contributed by atoms with Crippen LogP contribution in [0.15, 0.2) is 30.6 Å². The number of hydrogen-bond donors (Lipinski definition) is 0. The molecule has 6 heteroatoms. The van der Waals surface area contributed by atoms with Gasteiger partial charge in [0.15, 0.2) is 11.5 Å². The second-order valence-electron chi connectivity index (χ2n) is 5.79. The molecule has 1 fully saturated rings. The van der Waals surface area contributed by atoms with Crippen molar-refractivity contribution in [3.8, 4) is 11.5 Å². The van der Waals surface area contributed by atoms with E-state index in [1.54, 1.807) is 0 Å². The van der Waals surface area contributed by atoms with Crippen molar-refractivity contribution in [3.63, 3.8) is 0 Å². The minimum atomic E-state index is 0.478. The fourth-order valence-corrected chi connectivity index (χ4v) is 3.26. The first kappa shape index (κ1) is 13.9. The summed E-state index contributed by atoms with van der Waals surface area (Å²) in [4.78, 5) is 2.38. The Morgan fingerprint density at radius 2 is 2.09 bits per heavy atom. The van der Waals surface area contributed by atoms with Crippen molar-refractivity contribution in [2.45, 2.75) is 19.0 Å². The van der Waals surface area contributed by atoms with E-state index in [0.717, 1.165) is 37.4 Å². The van der Waals surface area contributed by atoms with Crippen LogP contribution >= 0.6 is 11.6 Å². The summed E-state index contributed by atoms with van der Waals surface area (Å²) in [6, 6.07) is 6.47. The number of halogens is 1. The molecule has 0 spiro atoms. The van der Waals surface area contributed by atoms with E-state index in [1.165, 1.54) is 0 Å². The molecule has 5 nitrogen and oxygen atoms in total. The summed E-state index contributed by atoms with van der Waals surface area (Å²) in [5, 5.41) is 4.93. The molecular weight excluding hydrogens is 302 g/mol. The van der Waals surface area contributed by atoms with Crippen LogP contribution in [0.1, 0.15) is 18.0 Å². The van der Waals surface area contributed by atoms with Gasteiger partial charge in [-0.05, 0) is 23.8 Å². The van der Waals surface area contributed by atoms with Crippen LogP contribution in [0.5, 0.6) is 11.5 Å². The lowest BCUT2D eigenvalue weighted by Gasteiger charge is -2.39. The molecular formula is C16H18ClN3O2. The first-order valence-corrected chi connectivity index (χ1v) is 7.97. The average Bonchev–Trinajstić information content (AvgIpc) is 2.87. The SMILES string of the molecule is Clc1cc(CN2CC(n3cccn3)C2)cc2c1OCCCO2. The monoisotopic (exact) mass is 319 g/mol. The van der Waals surface area contributed by atoms with Gasteiger partial charge in [0.2, 0.25) is 0 Å². The molecule has 2 aliphatic rings. The van der Waals surface area contributed by atoms with Crippen molar-refractivity contribution >= 4 is 11.6 Å². The second kappa shape index (κ2) is 5.82. The Hall–Kier alpha value is -1.72. The molecule has 2 aliphatic heterocycles. The number of benzene rings is 1. The Morgan fingerprint density at radius 3 is 2.91 bits per heavy atom. The standard InChI is InChI=1S/C16H18ClN3O2/c17-14-7-12(8-15-16(14)22-6-2-5-21-15)9-19-10-13(11-19)20-4-1-3-18-20/h1,3-4,7-8,13H,2,5-6,9-11H2. The molecule has 0 aliphatic carbocycles. The Morgan fingerprint density at radius 1 is 1.23 bits per heavy atom. The maximum absolute atomic E-state index is 6.34. The van der Waals surface area contributed by atoms with Gasteiger partial charge in [0.25, 0.3) is 0 Å². The summed E-state index contributed by atoms with van der Waals surface area (Å²) in [6.45, 7) is 4.22. The third-order valence-corrected chi connectivity index (χ3v) is 4.39. The molecule has 0 amide bonds. The number of nitrogens with zero attached hydrogens (tertiary/aromatic N) is 3. The molecule has 0 saturated carbocycles. The third-order valence-electron chi connectivity index (χ3n) is 4.11. The van der Waals surface area contributed by atoms with Crippen molar-refractivity contribution in [1.82, 2.24) is 14.7 Å². The van der Waals surface area contributed by atoms with Crippen LogP contribution in [0.3, 0.4) is 0 Å². The quantitative estimate of drug-likeness (QED) is 0.872. The molecule has 0 bridgehead atoms. The van der Waals surface area contributed by atoms with Gasteiger partial charge in [-0.1, -0.05) is 11.6 Å². The summed E-state index contributed by atoms with van der Waals surface area (Å²) in [7, 11) is 0. The minimum Gasteiger partial charge on any atom is -0.489 e. The number of ether oxygens (including phenoxy) is 2. The Labute approximate surface area is 134 Å². The number of fused-ring (bicyclic) bond motifs is 1. The molecule has 1 saturated heterocycles. The highest BCUT2D eigenvalue weighted by molar-refractivity contribution is 6.32. The van der Waals surface area contributed by atoms with Crippen LogP contribution < -0.4 is 9.47 Å². The van der Waals surface area contributed by atoms with E-state index in [-0.39, 0.29) is 0 Å². The largest absolute Gasteiger partial charge is 0.489 e. The first-order valence-electron chi connectivity index (χ1n) is 7.59. The lowest BCUT2D eigenvalue weighted by atomic mass is 10.1. The number of likely N-dealkylation sites (tertiary alicyclic amines) is 1. The first-order chi connectivity index (χ1) is 10.8. The Kier molecular flexibility index (Phi) is 3.68. The van der Waals surface area contributed by atoms with E-state index in [4.69, 9.17) is 21.1 Å². The summed E-state index contributed by atoms with van der Waals surface area (Å²) < 4.78 is 13.4. The van der Waals surface area contributed by atoms with E-state index in [2.05, 4.69) is 10.00 Å². The molecule has 3 heterocycles. The van der Waals surface area contributed by atoms with Crippen molar-refractivity contribution in [2.75, 3.05) is 26.3 Å². The Bertz CT molecular complexity index is 654. The maximum Gasteiger partial charge on any atom is 0.179 e. The highest BCUT2D eigenvalue weighted by Crippen LogP contribution is 2.38. The lowest BCUT2D eigenvalue weighted by molar-refractivity contribution is 0.0908. The van der Waals surface area contributed by atoms with Crippen molar-refractivity contribution in [3.05, 3.63) is 41.2 Å². The van der Waals surface area contributed by atoms with E-state index < -0.39 is 0 Å². The van der Waals surface area contributed by atoms with Gasteiger partial charge in [-0.15, -0.1) is 0 Å². The van der Waals surface area contributed by atoms with Crippen molar-refractivity contribution in [2.24, 2.45) is 0 Å². The second-order valence-corrected chi connectivity index (χ2v) is 6.20. The van der Waals surface area contributed by atoms with Crippen LogP contribution in [0.4, 0.5) is 0 Å². The van der Waals surface area contributed by atoms with Gasteiger partial charge in [-0.2, -0.15) is 5.10 Å². The van der Waals surface area contributed by atoms with Crippen LogP contribution in [0, 0.1) is 0 Å². The zero-order chi connectivity index (χ0) is 14.9. The van der Waals surface area contributed by atoms with Gasteiger partial charge in [-0.3, -0.25) is 9.58 Å². The third kappa shape index (κ3) is 2.66. The summed E-state index contributed by atoms with van der Waals surface area (Å²) in [5.41, 5.74) is 1.16. The molecule has 2 aromatic rings. The highest BCUT2D eigenvalue weighted by atomic mass is 35.5. The lowest BCUT2D eigenvalue weighted by Crippen LogP contribution is -2.47. The van der Waals surface area contributed by atoms with Gasteiger partial charge in [0.1, 0.15) is 0 Å². The van der Waals surface area contributed by atoms with E-state index in [9.17, 15) is 0 Å². The topological polar surface area (TPSA) is 39.5 Å². The van der Waals surface area contributed by atoms with Gasteiger partial charge < -0.3 is 9.47 Å². The highest BCUT2D eigenvalue weighted by Gasteiger charge is 2.28. The summed E-state index contributed by atoms with van der Waals surface area (Å²) in [5.74, 6) is 1.45. The molecule has 4 rings (SSSR count). The van der Waals surface area contributed by atoms with Gasteiger partial charge >= 0.3 is 0 Å².